The van der Waals surface area contributed by atoms with Gasteiger partial charge in [-0.15, -0.1) is 0 Å². The van der Waals surface area contributed by atoms with Gasteiger partial charge in [0.2, 0.25) is 0 Å². The van der Waals surface area contributed by atoms with Crippen LogP contribution in [0.15, 0.2) is 90.0 Å². The third kappa shape index (κ3) is 3.57. The molecule has 0 saturated heterocycles. The van der Waals surface area contributed by atoms with Crippen molar-refractivity contribution in [3.63, 3.8) is 0 Å². The van der Waals surface area contributed by atoms with Crippen molar-refractivity contribution in [1.29, 1.82) is 0 Å². The maximum Gasteiger partial charge on any atom is 0.251 e. The second-order valence-corrected chi connectivity index (χ2v) is 9.68. The van der Waals surface area contributed by atoms with Gasteiger partial charge in [-0.05, 0) is 78.4 Å². The molecule has 0 spiro atoms. The zero-order chi connectivity index (χ0) is 24.0. The third-order valence-corrected chi connectivity index (χ3v) is 7.31. The van der Waals surface area contributed by atoms with Crippen LogP contribution in [0.4, 0.5) is 0 Å². The molecule has 5 aromatic rings. The van der Waals surface area contributed by atoms with E-state index in [2.05, 4.69) is 74.4 Å². The van der Waals surface area contributed by atoms with Crippen LogP contribution in [0.3, 0.4) is 0 Å². The highest BCUT2D eigenvalue weighted by Gasteiger charge is 2.33. The summed E-state index contributed by atoms with van der Waals surface area (Å²) < 4.78 is 1.71. The number of fused-ring (bicyclic) bond motifs is 1. The van der Waals surface area contributed by atoms with Crippen LogP contribution in [0.2, 0.25) is 5.02 Å². The second kappa shape index (κ2) is 8.34. The van der Waals surface area contributed by atoms with Crippen LogP contribution in [0.1, 0.15) is 34.7 Å². The highest BCUT2D eigenvalue weighted by Crippen LogP contribution is 2.42. The van der Waals surface area contributed by atoms with E-state index in [0.29, 0.717) is 5.02 Å². The predicted octanol–water partition coefficient (Wildman–Crippen LogP) is 7.16. The number of aromatic amines is 1. The largest absolute Gasteiger partial charge is 0.367 e. The summed E-state index contributed by atoms with van der Waals surface area (Å²) in [5.41, 5.74) is 8.33. The molecule has 170 valence electrons. The summed E-state index contributed by atoms with van der Waals surface area (Å²) in [6.07, 6.45) is 4.14. The molecule has 0 aliphatic heterocycles. The van der Waals surface area contributed by atoms with Gasteiger partial charge >= 0.3 is 0 Å². The Hall–Kier alpha value is -3.56. The third-order valence-electron chi connectivity index (χ3n) is 7.08. The topological polar surface area (TPSA) is 37.8 Å². The van der Waals surface area contributed by atoms with Gasteiger partial charge in [0.05, 0.1) is 5.52 Å². The van der Waals surface area contributed by atoms with E-state index in [-0.39, 0.29) is 11.0 Å². The first-order valence-electron chi connectivity index (χ1n) is 11.4. The molecule has 1 atom stereocenters. The molecule has 4 heteroatoms. The smallest absolute Gasteiger partial charge is 0.251 e. The maximum atomic E-state index is 12.8. The molecule has 2 heterocycles. The Morgan fingerprint density at radius 1 is 0.882 bits per heavy atom. The summed E-state index contributed by atoms with van der Waals surface area (Å²) in [5.74, 6) is 0. The summed E-state index contributed by atoms with van der Waals surface area (Å²) in [5, 5.41) is 1.67. The van der Waals surface area contributed by atoms with Crippen molar-refractivity contribution < 1.29 is 0 Å². The molecule has 2 aromatic heterocycles. The minimum absolute atomic E-state index is 0.0435. The predicted molar refractivity (Wildman–Crippen MR) is 142 cm³/mol. The number of benzene rings is 3. The highest BCUT2D eigenvalue weighted by atomic mass is 35.5. The van der Waals surface area contributed by atoms with Gasteiger partial charge in [-0.3, -0.25) is 4.79 Å². The lowest BCUT2D eigenvalue weighted by molar-refractivity contribution is 0.689. The lowest BCUT2D eigenvalue weighted by Crippen LogP contribution is -2.26. The summed E-state index contributed by atoms with van der Waals surface area (Å²) in [7, 11) is 1.82. The number of rotatable bonds is 4. The SMILES string of the molecule is Cc1ccc(C(C)(c2ccc3c(c2)c(-c2cccc(Cl)c2)cc(=O)n3C)c2c[nH]cc2C)cc1. The number of H-pyrrole nitrogens is 1. The maximum absolute atomic E-state index is 12.8. The number of hydrogen-bond acceptors (Lipinski definition) is 1. The number of nitrogens with zero attached hydrogens (tertiary/aromatic N) is 1. The van der Waals surface area contributed by atoms with Crippen molar-refractivity contribution >= 4 is 22.5 Å². The number of pyridine rings is 1. The number of aryl methyl sites for hydroxylation is 3. The van der Waals surface area contributed by atoms with E-state index in [9.17, 15) is 4.79 Å². The molecule has 0 amide bonds. The lowest BCUT2D eigenvalue weighted by atomic mass is 9.70. The monoisotopic (exact) mass is 466 g/mol. The van der Waals surface area contributed by atoms with E-state index in [1.165, 1.54) is 22.3 Å². The molecule has 0 fully saturated rings. The van der Waals surface area contributed by atoms with Gasteiger partial charge in [0.15, 0.2) is 0 Å². The van der Waals surface area contributed by atoms with E-state index < -0.39 is 0 Å². The van der Waals surface area contributed by atoms with E-state index in [1.54, 1.807) is 10.6 Å². The normalized spacial score (nSPS) is 13.2. The standard InChI is InChI=1S/C30H27ClN2O/c1-19-8-10-22(11-9-19)30(3,27-18-32-17-20(27)2)23-12-13-28-26(15-23)25(16-29(34)33(28)4)21-6-5-7-24(31)14-21/h5-18,32H,1-4H3. The van der Waals surface area contributed by atoms with Gasteiger partial charge in [-0.25, -0.2) is 0 Å². The molecule has 0 radical (unpaired) electrons. The molecule has 0 aliphatic rings. The molecular formula is C30H27ClN2O. The number of hydrogen-bond donors (Lipinski definition) is 1. The quantitative estimate of drug-likeness (QED) is 0.300. The van der Waals surface area contributed by atoms with E-state index in [1.807, 2.05) is 37.5 Å². The van der Waals surface area contributed by atoms with Crippen LogP contribution in [-0.2, 0) is 12.5 Å². The van der Waals surface area contributed by atoms with Crippen LogP contribution in [0.5, 0.6) is 0 Å². The van der Waals surface area contributed by atoms with Crippen molar-refractivity contribution in [2.75, 3.05) is 0 Å². The van der Waals surface area contributed by atoms with Crippen LogP contribution < -0.4 is 5.56 Å². The summed E-state index contributed by atoms with van der Waals surface area (Å²) in [6.45, 7) is 6.52. The number of halogens is 1. The van der Waals surface area contributed by atoms with Gasteiger partial charge in [0.25, 0.3) is 5.56 Å². The second-order valence-electron chi connectivity index (χ2n) is 9.24. The summed E-state index contributed by atoms with van der Waals surface area (Å²) in [6, 6.07) is 24.6. The van der Waals surface area contributed by atoms with Gasteiger partial charge in [-0.1, -0.05) is 59.6 Å². The average molecular weight is 467 g/mol. The highest BCUT2D eigenvalue weighted by molar-refractivity contribution is 6.30. The van der Waals surface area contributed by atoms with Crippen LogP contribution in [-0.4, -0.2) is 9.55 Å². The average Bonchev–Trinajstić information content (AvgIpc) is 3.27. The van der Waals surface area contributed by atoms with Crippen molar-refractivity contribution in [3.8, 4) is 11.1 Å². The van der Waals surface area contributed by atoms with Gasteiger partial charge in [0.1, 0.15) is 0 Å². The van der Waals surface area contributed by atoms with Gasteiger partial charge < -0.3 is 9.55 Å². The molecule has 3 aromatic carbocycles. The van der Waals surface area contributed by atoms with Crippen molar-refractivity contribution in [3.05, 3.63) is 128 Å². The fourth-order valence-electron chi connectivity index (χ4n) is 5.01. The van der Waals surface area contributed by atoms with E-state index in [4.69, 9.17) is 11.6 Å². The molecule has 5 rings (SSSR count). The Labute approximate surface area is 204 Å². The first-order chi connectivity index (χ1) is 16.3. The summed E-state index contributed by atoms with van der Waals surface area (Å²) in [4.78, 5) is 16.1. The molecule has 1 N–H and O–H groups in total. The zero-order valence-electron chi connectivity index (χ0n) is 19.8. The minimum Gasteiger partial charge on any atom is -0.367 e. The molecule has 0 aliphatic carbocycles. The first-order valence-corrected chi connectivity index (χ1v) is 11.8. The van der Waals surface area contributed by atoms with Crippen LogP contribution >= 0.6 is 11.6 Å². The van der Waals surface area contributed by atoms with Crippen molar-refractivity contribution in [2.45, 2.75) is 26.2 Å². The Bertz CT molecular complexity index is 1580. The van der Waals surface area contributed by atoms with Gasteiger partial charge in [-0.2, -0.15) is 0 Å². The molecule has 1 unspecified atom stereocenters. The Balaban J connectivity index is 1.84. The number of aromatic nitrogens is 2. The number of nitrogens with one attached hydrogen (secondary N) is 1. The van der Waals surface area contributed by atoms with Crippen LogP contribution in [0, 0.1) is 13.8 Å². The Morgan fingerprint density at radius 3 is 2.29 bits per heavy atom. The lowest BCUT2D eigenvalue weighted by Gasteiger charge is -2.32. The van der Waals surface area contributed by atoms with E-state index in [0.717, 1.165) is 27.6 Å². The summed E-state index contributed by atoms with van der Waals surface area (Å²) >= 11 is 6.31. The zero-order valence-corrected chi connectivity index (χ0v) is 20.6. The van der Waals surface area contributed by atoms with Crippen molar-refractivity contribution in [1.82, 2.24) is 9.55 Å². The first kappa shape index (κ1) is 22.2. The van der Waals surface area contributed by atoms with Crippen molar-refractivity contribution in [2.24, 2.45) is 7.05 Å². The fraction of sp³-hybridized carbons (Fsp3) is 0.167. The van der Waals surface area contributed by atoms with Gasteiger partial charge in [0, 0.05) is 41.3 Å². The Morgan fingerprint density at radius 2 is 1.62 bits per heavy atom. The molecular weight excluding hydrogens is 440 g/mol. The minimum atomic E-state index is -0.383. The molecule has 34 heavy (non-hydrogen) atoms. The molecule has 0 bridgehead atoms. The molecule has 3 nitrogen and oxygen atoms in total. The Kier molecular flexibility index (Phi) is 5.45. The van der Waals surface area contributed by atoms with Crippen LogP contribution in [0.25, 0.3) is 22.0 Å². The molecule has 0 saturated carbocycles. The fourth-order valence-corrected chi connectivity index (χ4v) is 5.20. The van der Waals surface area contributed by atoms with E-state index >= 15 is 0 Å².